The Morgan fingerprint density at radius 1 is 1.35 bits per heavy atom. The van der Waals surface area contributed by atoms with Gasteiger partial charge in [-0.25, -0.2) is 0 Å². The van der Waals surface area contributed by atoms with E-state index in [9.17, 15) is 13.2 Å². The van der Waals surface area contributed by atoms with Gasteiger partial charge >= 0.3 is 6.18 Å². The first-order chi connectivity index (χ1) is 8.05. The molecule has 1 N–H and O–H groups in total. The standard InChI is InChI=1S/C12H14F3NO/c13-12(14,15)10-3-1-2-9(6-10)7-11-8-16-4-5-17-11/h1-3,6,11,16H,4-5,7-8H2/t11-/m1/s1. The lowest BCUT2D eigenvalue weighted by Crippen LogP contribution is -2.39. The van der Waals surface area contributed by atoms with Gasteiger partial charge in [-0.15, -0.1) is 0 Å². The molecule has 0 aliphatic carbocycles. The Morgan fingerprint density at radius 2 is 2.18 bits per heavy atom. The zero-order chi connectivity index (χ0) is 12.3. The van der Waals surface area contributed by atoms with Crippen molar-refractivity contribution in [1.29, 1.82) is 0 Å². The molecule has 1 aliphatic heterocycles. The minimum absolute atomic E-state index is 0.0350. The molecule has 1 aromatic rings. The Labute approximate surface area is 97.8 Å². The number of halogens is 3. The highest BCUT2D eigenvalue weighted by Gasteiger charge is 2.30. The Kier molecular flexibility index (Phi) is 3.69. The molecule has 1 aromatic carbocycles. The topological polar surface area (TPSA) is 21.3 Å². The highest BCUT2D eigenvalue weighted by molar-refractivity contribution is 5.26. The first kappa shape index (κ1) is 12.4. The summed E-state index contributed by atoms with van der Waals surface area (Å²) in [6.45, 7) is 2.11. The van der Waals surface area contributed by atoms with E-state index in [4.69, 9.17) is 4.74 Å². The predicted molar refractivity (Wildman–Crippen MR) is 57.8 cm³/mol. The molecule has 5 heteroatoms. The Bertz CT molecular complexity index is 372. The van der Waals surface area contributed by atoms with Crippen LogP contribution in [0.25, 0.3) is 0 Å². The molecule has 1 heterocycles. The van der Waals surface area contributed by atoms with E-state index in [0.717, 1.165) is 12.6 Å². The van der Waals surface area contributed by atoms with Crippen LogP contribution in [0.3, 0.4) is 0 Å². The maximum atomic E-state index is 12.5. The lowest BCUT2D eigenvalue weighted by molar-refractivity contribution is -0.137. The molecule has 0 radical (unpaired) electrons. The highest BCUT2D eigenvalue weighted by Crippen LogP contribution is 2.29. The van der Waals surface area contributed by atoms with Gasteiger partial charge in [0.15, 0.2) is 0 Å². The second-order valence-corrected chi connectivity index (χ2v) is 4.10. The van der Waals surface area contributed by atoms with E-state index in [0.29, 0.717) is 25.1 Å². The van der Waals surface area contributed by atoms with Gasteiger partial charge in [0.1, 0.15) is 0 Å². The smallest absolute Gasteiger partial charge is 0.375 e. The molecule has 2 rings (SSSR count). The van der Waals surface area contributed by atoms with Gasteiger partial charge < -0.3 is 10.1 Å². The molecule has 1 saturated heterocycles. The molecule has 94 valence electrons. The van der Waals surface area contributed by atoms with Crippen molar-refractivity contribution in [1.82, 2.24) is 5.32 Å². The molecule has 0 saturated carbocycles. The number of morpholine rings is 1. The summed E-state index contributed by atoms with van der Waals surface area (Å²) in [5.74, 6) is 0. The van der Waals surface area contributed by atoms with E-state index in [-0.39, 0.29) is 6.10 Å². The fourth-order valence-corrected chi connectivity index (χ4v) is 1.89. The fraction of sp³-hybridized carbons (Fsp3) is 0.500. The van der Waals surface area contributed by atoms with Gasteiger partial charge in [-0.1, -0.05) is 18.2 Å². The van der Waals surface area contributed by atoms with Crippen LogP contribution in [-0.4, -0.2) is 25.8 Å². The zero-order valence-corrected chi connectivity index (χ0v) is 9.26. The van der Waals surface area contributed by atoms with Gasteiger partial charge in [-0.2, -0.15) is 13.2 Å². The number of hydrogen-bond acceptors (Lipinski definition) is 2. The van der Waals surface area contributed by atoms with E-state index in [1.165, 1.54) is 12.1 Å². The first-order valence-corrected chi connectivity index (χ1v) is 5.54. The highest BCUT2D eigenvalue weighted by atomic mass is 19.4. The van der Waals surface area contributed by atoms with Crippen LogP contribution in [0.5, 0.6) is 0 Å². The third-order valence-corrected chi connectivity index (χ3v) is 2.72. The van der Waals surface area contributed by atoms with Crippen molar-refractivity contribution in [2.24, 2.45) is 0 Å². The normalized spacial score (nSPS) is 21.5. The number of benzene rings is 1. The molecule has 0 bridgehead atoms. The monoisotopic (exact) mass is 245 g/mol. The van der Waals surface area contributed by atoms with Crippen molar-refractivity contribution in [2.75, 3.05) is 19.7 Å². The molecular formula is C12H14F3NO. The zero-order valence-electron chi connectivity index (χ0n) is 9.26. The van der Waals surface area contributed by atoms with Crippen LogP contribution in [0.1, 0.15) is 11.1 Å². The van der Waals surface area contributed by atoms with Crippen molar-refractivity contribution in [3.63, 3.8) is 0 Å². The van der Waals surface area contributed by atoms with E-state index in [1.807, 2.05) is 0 Å². The summed E-state index contributed by atoms with van der Waals surface area (Å²) in [5, 5.41) is 3.15. The van der Waals surface area contributed by atoms with E-state index >= 15 is 0 Å². The average Bonchev–Trinajstić information content (AvgIpc) is 2.29. The lowest BCUT2D eigenvalue weighted by atomic mass is 10.0. The molecule has 2 nitrogen and oxygen atoms in total. The summed E-state index contributed by atoms with van der Waals surface area (Å²) >= 11 is 0. The van der Waals surface area contributed by atoms with E-state index < -0.39 is 11.7 Å². The molecule has 0 unspecified atom stereocenters. The third-order valence-electron chi connectivity index (χ3n) is 2.72. The van der Waals surface area contributed by atoms with Gasteiger partial charge in [0.2, 0.25) is 0 Å². The number of rotatable bonds is 2. The summed E-state index contributed by atoms with van der Waals surface area (Å²) in [6.07, 6.45) is -3.80. The molecule has 1 atom stereocenters. The second kappa shape index (κ2) is 5.06. The van der Waals surface area contributed by atoms with Crippen LogP contribution in [0.15, 0.2) is 24.3 Å². The summed E-state index contributed by atoms with van der Waals surface area (Å²) in [5.41, 5.74) is 0.0623. The molecule has 0 aromatic heterocycles. The van der Waals surface area contributed by atoms with E-state index in [1.54, 1.807) is 6.07 Å². The Balaban J connectivity index is 2.05. The number of hydrogen-bond donors (Lipinski definition) is 1. The van der Waals surface area contributed by atoms with Crippen LogP contribution in [0.4, 0.5) is 13.2 Å². The fourth-order valence-electron chi connectivity index (χ4n) is 1.89. The maximum Gasteiger partial charge on any atom is 0.416 e. The third kappa shape index (κ3) is 3.44. The van der Waals surface area contributed by atoms with Gasteiger partial charge in [0, 0.05) is 13.1 Å². The van der Waals surface area contributed by atoms with E-state index in [2.05, 4.69) is 5.32 Å². The van der Waals surface area contributed by atoms with Crippen LogP contribution in [0, 0.1) is 0 Å². The summed E-state index contributed by atoms with van der Waals surface area (Å²) in [4.78, 5) is 0. The summed E-state index contributed by atoms with van der Waals surface area (Å²) in [7, 11) is 0. The van der Waals surface area contributed by atoms with Crippen LogP contribution in [-0.2, 0) is 17.3 Å². The summed E-state index contributed by atoms with van der Waals surface area (Å²) < 4.78 is 43.0. The Hall–Kier alpha value is -1.07. The average molecular weight is 245 g/mol. The SMILES string of the molecule is FC(F)(F)c1cccc(C[C@@H]2CNCCO2)c1. The van der Waals surface area contributed by atoms with Gasteiger partial charge in [0.05, 0.1) is 18.3 Å². The largest absolute Gasteiger partial charge is 0.416 e. The minimum Gasteiger partial charge on any atom is -0.375 e. The number of nitrogens with one attached hydrogen (secondary N) is 1. The molecule has 17 heavy (non-hydrogen) atoms. The molecular weight excluding hydrogens is 231 g/mol. The number of alkyl halides is 3. The summed E-state index contributed by atoms with van der Waals surface area (Å²) in [6, 6.07) is 5.42. The minimum atomic E-state index is -4.28. The van der Waals surface area contributed by atoms with Crippen molar-refractivity contribution < 1.29 is 17.9 Å². The van der Waals surface area contributed by atoms with Crippen molar-refractivity contribution in [3.05, 3.63) is 35.4 Å². The Morgan fingerprint density at radius 3 is 2.82 bits per heavy atom. The van der Waals surface area contributed by atoms with Crippen LogP contribution >= 0.6 is 0 Å². The maximum absolute atomic E-state index is 12.5. The van der Waals surface area contributed by atoms with Gasteiger partial charge in [-0.3, -0.25) is 0 Å². The van der Waals surface area contributed by atoms with Crippen molar-refractivity contribution in [3.8, 4) is 0 Å². The molecule has 0 spiro atoms. The van der Waals surface area contributed by atoms with Gasteiger partial charge in [-0.05, 0) is 18.1 Å². The van der Waals surface area contributed by atoms with Crippen molar-refractivity contribution in [2.45, 2.75) is 18.7 Å². The van der Waals surface area contributed by atoms with Crippen LogP contribution < -0.4 is 5.32 Å². The second-order valence-electron chi connectivity index (χ2n) is 4.10. The van der Waals surface area contributed by atoms with Crippen molar-refractivity contribution >= 4 is 0 Å². The molecule has 1 aliphatic rings. The molecule has 1 fully saturated rings. The predicted octanol–water partition coefficient (Wildman–Crippen LogP) is 2.24. The van der Waals surface area contributed by atoms with Gasteiger partial charge in [0.25, 0.3) is 0 Å². The lowest BCUT2D eigenvalue weighted by Gasteiger charge is -2.23. The van der Waals surface area contributed by atoms with Crippen LogP contribution in [0.2, 0.25) is 0 Å². The number of ether oxygens (including phenoxy) is 1. The quantitative estimate of drug-likeness (QED) is 0.862. The molecule has 0 amide bonds. The first-order valence-electron chi connectivity index (χ1n) is 5.54.